The summed E-state index contributed by atoms with van der Waals surface area (Å²) in [5.74, 6) is 0.0540. The summed E-state index contributed by atoms with van der Waals surface area (Å²) in [5, 5.41) is 2.58. The Morgan fingerprint density at radius 1 is 1.08 bits per heavy atom. The maximum absolute atomic E-state index is 13.7. The molecular weight excluding hydrogens is 524 g/mol. The van der Waals surface area contributed by atoms with Gasteiger partial charge in [0.1, 0.15) is 10.1 Å². The van der Waals surface area contributed by atoms with Crippen molar-refractivity contribution in [3.05, 3.63) is 64.1 Å². The molecule has 10 heteroatoms. The summed E-state index contributed by atoms with van der Waals surface area (Å²) in [4.78, 5) is 41.0. The van der Waals surface area contributed by atoms with Crippen LogP contribution >= 0.6 is 24.0 Å². The highest BCUT2D eigenvalue weighted by atomic mass is 32.2. The van der Waals surface area contributed by atoms with Crippen molar-refractivity contribution in [2.75, 3.05) is 19.1 Å². The number of carbonyl (C=O) groups excluding carboxylic acids is 3. The number of benzene rings is 2. The number of rotatable bonds is 5. The number of hydrogen-bond acceptors (Lipinski definition) is 8. The van der Waals surface area contributed by atoms with Gasteiger partial charge in [0.25, 0.3) is 11.8 Å². The van der Waals surface area contributed by atoms with Crippen molar-refractivity contribution >= 4 is 69.0 Å². The molecule has 0 spiro atoms. The van der Waals surface area contributed by atoms with Gasteiger partial charge in [0.05, 0.1) is 35.9 Å². The number of anilines is 1. The average molecular weight is 549 g/mol. The molecule has 0 bridgehead atoms. The van der Waals surface area contributed by atoms with Crippen LogP contribution in [0.25, 0.3) is 17.2 Å². The number of allylic oxidation sites excluding steroid dienone is 1. The van der Waals surface area contributed by atoms with E-state index in [1.54, 1.807) is 48.4 Å². The normalized spacial score (nSPS) is 19.4. The van der Waals surface area contributed by atoms with Crippen LogP contribution in [0.4, 0.5) is 5.69 Å². The Hall–Kier alpha value is -3.89. The van der Waals surface area contributed by atoms with Gasteiger partial charge in [-0.15, -0.1) is 0 Å². The first kappa shape index (κ1) is 25.7. The average Bonchev–Trinajstić information content (AvgIpc) is 3.35. The molecule has 2 aromatic rings. The van der Waals surface area contributed by atoms with Crippen molar-refractivity contribution in [2.24, 2.45) is 0 Å². The van der Waals surface area contributed by atoms with Gasteiger partial charge in [-0.25, -0.2) is 4.79 Å². The number of esters is 1. The highest BCUT2D eigenvalue weighted by Crippen LogP contribution is 2.52. The van der Waals surface area contributed by atoms with Crippen LogP contribution in [0.2, 0.25) is 0 Å². The van der Waals surface area contributed by atoms with Gasteiger partial charge in [-0.2, -0.15) is 0 Å². The molecule has 38 heavy (non-hydrogen) atoms. The summed E-state index contributed by atoms with van der Waals surface area (Å²) in [6.07, 6.45) is 4.90. The first-order valence-electron chi connectivity index (χ1n) is 11.7. The fourth-order valence-corrected chi connectivity index (χ4v) is 6.03. The zero-order chi connectivity index (χ0) is 27.4. The van der Waals surface area contributed by atoms with Crippen molar-refractivity contribution in [2.45, 2.75) is 26.3 Å². The smallest absolute Gasteiger partial charge is 0.336 e. The second-order valence-corrected chi connectivity index (χ2v) is 11.1. The van der Waals surface area contributed by atoms with Crippen molar-refractivity contribution in [1.29, 1.82) is 0 Å². The second-order valence-electron chi connectivity index (χ2n) is 9.41. The van der Waals surface area contributed by atoms with Gasteiger partial charge in [-0.3, -0.25) is 14.5 Å². The lowest BCUT2D eigenvalue weighted by Gasteiger charge is -2.38. The molecule has 3 aliphatic heterocycles. The van der Waals surface area contributed by atoms with Gasteiger partial charge in [-0.1, -0.05) is 36.1 Å². The van der Waals surface area contributed by atoms with Crippen LogP contribution < -0.4 is 24.4 Å². The quantitative estimate of drug-likeness (QED) is 0.248. The Kier molecular flexibility index (Phi) is 6.40. The highest BCUT2D eigenvalue weighted by molar-refractivity contribution is 8.27. The molecule has 2 amide bonds. The number of methoxy groups -OCH3 is 2. The van der Waals surface area contributed by atoms with E-state index in [9.17, 15) is 14.4 Å². The predicted octanol–water partition coefficient (Wildman–Crippen LogP) is 4.72. The van der Waals surface area contributed by atoms with E-state index >= 15 is 0 Å². The van der Waals surface area contributed by atoms with Crippen LogP contribution in [0.1, 0.15) is 37.5 Å². The molecule has 2 aromatic carbocycles. The number of nitrogens with one attached hydrogen (secondary N) is 1. The Bertz CT molecular complexity index is 1540. The van der Waals surface area contributed by atoms with E-state index in [2.05, 4.69) is 5.32 Å². The summed E-state index contributed by atoms with van der Waals surface area (Å²) in [7, 11) is 3.08. The van der Waals surface area contributed by atoms with Crippen molar-refractivity contribution in [1.82, 2.24) is 5.32 Å². The third-order valence-corrected chi connectivity index (χ3v) is 7.68. The van der Waals surface area contributed by atoms with E-state index in [4.69, 9.17) is 26.4 Å². The number of hydrogen-bond donors (Lipinski definition) is 1. The minimum atomic E-state index is -0.619. The SMILES string of the molecule is COc1ccc(/C=C/C(=O)Oc2cc3c4c(c2)/C(=C2\SC(=S)NC2=O)C(=O)N4C(C)(C)C=C3C)cc1OC. The number of ether oxygens (including phenoxy) is 3. The van der Waals surface area contributed by atoms with E-state index in [1.165, 1.54) is 13.2 Å². The number of nitrogens with zero attached hydrogens (tertiary/aromatic N) is 1. The topological polar surface area (TPSA) is 94.2 Å². The molecule has 194 valence electrons. The predicted molar refractivity (Wildman–Crippen MR) is 151 cm³/mol. The van der Waals surface area contributed by atoms with Gasteiger partial charge < -0.3 is 19.5 Å². The summed E-state index contributed by atoms with van der Waals surface area (Å²) < 4.78 is 16.5. The van der Waals surface area contributed by atoms with E-state index in [0.29, 0.717) is 22.7 Å². The lowest BCUT2D eigenvalue weighted by atomic mass is 9.89. The summed E-state index contributed by atoms with van der Waals surface area (Å²) in [6.45, 7) is 5.82. The van der Waals surface area contributed by atoms with Gasteiger partial charge >= 0.3 is 5.97 Å². The monoisotopic (exact) mass is 548 g/mol. The number of thiocarbonyl (C=S) groups is 1. The van der Waals surface area contributed by atoms with Crippen molar-refractivity contribution in [3.63, 3.8) is 0 Å². The Balaban J connectivity index is 1.53. The number of amides is 2. The molecule has 0 radical (unpaired) electrons. The number of carbonyl (C=O) groups is 3. The third-order valence-electron chi connectivity index (χ3n) is 6.45. The molecule has 0 saturated carbocycles. The molecule has 8 nitrogen and oxygen atoms in total. The van der Waals surface area contributed by atoms with Crippen LogP contribution in [-0.2, 0) is 14.4 Å². The Labute approximate surface area is 229 Å². The molecule has 3 heterocycles. The summed E-state index contributed by atoms with van der Waals surface area (Å²) >= 11 is 6.21. The maximum Gasteiger partial charge on any atom is 0.336 e. The van der Waals surface area contributed by atoms with Gasteiger partial charge in [0.2, 0.25) is 0 Å². The van der Waals surface area contributed by atoms with Crippen LogP contribution in [0.3, 0.4) is 0 Å². The molecule has 0 atom stereocenters. The fourth-order valence-electron chi connectivity index (χ4n) is 4.92. The first-order chi connectivity index (χ1) is 18.0. The minimum absolute atomic E-state index is 0.238. The molecule has 0 aliphatic carbocycles. The van der Waals surface area contributed by atoms with Gasteiger partial charge in [0.15, 0.2) is 11.5 Å². The minimum Gasteiger partial charge on any atom is -0.493 e. The lowest BCUT2D eigenvalue weighted by molar-refractivity contribution is -0.129. The van der Waals surface area contributed by atoms with Gasteiger partial charge in [-0.05, 0) is 62.2 Å². The van der Waals surface area contributed by atoms with Crippen LogP contribution in [0.15, 0.2) is 47.4 Å². The first-order valence-corrected chi connectivity index (χ1v) is 12.9. The molecule has 1 N–H and O–H groups in total. The van der Waals surface area contributed by atoms with Crippen molar-refractivity contribution < 1.29 is 28.6 Å². The molecule has 5 rings (SSSR count). The maximum atomic E-state index is 13.7. The molecular formula is C28H24N2O6S2. The van der Waals surface area contributed by atoms with Crippen LogP contribution in [0.5, 0.6) is 17.2 Å². The molecule has 1 saturated heterocycles. The summed E-state index contributed by atoms with van der Waals surface area (Å²) in [5.41, 5.74) is 3.25. The Morgan fingerprint density at radius 3 is 2.45 bits per heavy atom. The number of thioether (sulfide) groups is 1. The largest absolute Gasteiger partial charge is 0.493 e. The second kappa shape index (κ2) is 9.45. The van der Waals surface area contributed by atoms with Crippen molar-refractivity contribution in [3.8, 4) is 17.2 Å². The standard InChI is InChI=1S/C28H24N2O6S2/c1-14-13-28(2,3)30-23-17(14)11-16(12-18(23)22(26(30)33)24-25(32)29-27(37)38-24)36-21(31)9-7-15-6-8-19(34-4)20(10-15)35-5/h6-13H,1-5H3,(H,29,32,37)/b9-7+,24-22+. The molecule has 0 aromatic heterocycles. The zero-order valence-corrected chi connectivity index (χ0v) is 23.0. The third kappa shape index (κ3) is 4.29. The highest BCUT2D eigenvalue weighted by Gasteiger charge is 2.47. The van der Waals surface area contributed by atoms with Crippen LogP contribution in [-0.4, -0.2) is 41.9 Å². The zero-order valence-electron chi connectivity index (χ0n) is 21.3. The van der Waals surface area contributed by atoms with E-state index in [0.717, 1.165) is 28.5 Å². The van der Waals surface area contributed by atoms with Crippen LogP contribution in [0, 0.1) is 0 Å². The Morgan fingerprint density at radius 2 is 1.79 bits per heavy atom. The molecule has 0 unspecified atom stereocenters. The molecule has 3 aliphatic rings. The van der Waals surface area contributed by atoms with E-state index in [-0.39, 0.29) is 26.5 Å². The summed E-state index contributed by atoms with van der Waals surface area (Å²) in [6, 6.07) is 8.64. The molecule has 1 fully saturated rings. The van der Waals surface area contributed by atoms with E-state index in [1.807, 2.05) is 26.8 Å². The van der Waals surface area contributed by atoms with E-state index < -0.39 is 17.4 Å². The van der Waals surface area contributed by atoms with Gasteiger partial charge in [0, 0.05) is 17.2 Å². The fraction of sp³-hybridized carbons (Fsp3) is 0.214. The lowest BCUT2D eigenvalue weighted by Crippen LogP contribution is -2.46.